The molecule has 118 valence electrons. The summed E-state index contributed by atoms with van der Waals surface area (Å²) in [5.41, 5.74) is 2.51. The number of nitrogens with one attached hydrogen (secondary N) is 2. The van der Waals surface area contributed by atoms with Crippen molar-refractivity contribution in [1.29, 1.82) is 0 Å². The molecular formula is C17H23N2OS2+. The smallest absolute Gasteiger partial charge is 0.230 e. The first-order valence-corrected chi connectivity index (χ1v) is 9.41. The zero-order valence-corrected chi connectivity index (χ0v) is 14.7. The van der Waals surface area contributed by atoms with Gasteiger partial charge in [-0.25, -0.2) is 0 Å². The Kier molecular flexibility index (Phi) is 6.96. The number of carbonyl (C=O) groups excluding carboxylic acids is 1. The van der Waals surface area contributed by atoms with Crippen LogP contribution in [-0.2, 0) is 23.6 Å². The van der Waals surface area contributed by atoms with Crippen molar-refractivity contribution >= 4 is 29.0 Å². The quantitative estimate of drug-likeness (QED) is 0.773. The molecule has 2 N–H and O–H groups in total. The van der Waals surface area contributed by atoms with Crippen LogP contribution >= 0.6 is 23.1 Å². The zero-order valence-electron chi connectivity index (χ0n) is 13.1. The summed E-state index contributed by atoms with van der Waals surface area (Å²) in [6.07, 6.45) is 0. The van der Waals surface area contributed by atoms with E-state index in [1.165, 1.54) is 20.9 Å². The van der Waals surface area contributed by atoms with Crippen LogP contribution in [0.25, 0.3) is 0 Å². The lowest BCUT2D eigenvalue weighted by Gasteiger charge is -2.12. The summed E-state index contributed by atoms with van der Waals surface area (Å²) in [5.74, 6) is 1.53. The fourth-order valence-electron chi connectivity index (χ4n) is 2.17. The first-order chi connectivity index (χ1) is 10.6. The summed E-state index contributed by atoms with van der Waals surface area (Å²) in [6.45, 7) is 1.58. The van der Waals surface area contributed by atoms with Crippen molar-refractivity contribution in [3.05, 3.63) is 57.8 Å². The van der Waals surface area contributed by atoms with Crippen LogP contribution < -0.4 is 10.2 Å². The highest BCUT2D eigenvalue weighted by molar-refractivity contribution is 7.99. The molecule has 0 aliphatic heterocycles. The third-order valence-corrected chi connectivity index (χ3v) is 5.24. The summed E-state index contributed by atoms with van der Waals surface area (Å²) < 4.78 is 0. The number of rotatable bonds is 8. The Morgan fingerprint density at radius 1 is 1.18 bits per heavy atom. The second-order valence-electron chi connectivity index (χ2n) is 5.50. The summed E-state index contributed by atoms with van der Waals surface area (Å²) >= 11 is 3.40. The standard InChI is InChI=1S/C17H22N2OS2/c1-19(2)11-15-7-4-3-6-14(15)10-18-17(20)13-21-12-16-8-5-9-22-16/h3-9H,10-13H2,1-2H3,(H,18,20)/p+1. The maximum absolute atomic E-state index is 11.9. The minimum atomic E-state index is 0.105. The predicted octanol–water partition coefficient (Wildman–Crippen LogP) is 1.94. The van der Waals surface area contributed by atoms with Gasteiger partial charge in [0.05, 0.1) is 19.8 Å². The normalized spacial score (nSPS) is 10.9. The lowest BCUT2D eigenvalue weighted by molar-refractivity contribution is -0.872. The number of thioether (sulfide) groups is 1. The predicted molar refractivity (Wildman–Crippen MR) is 95.3 cm³/mol. The monoisotopic (exact) mass is 335 g/mol. The number of carbonyl (C=O) groups is 1. The molecule has 0 atom stereocenters. The van der Waals surface area contributed by atoms with E-state index in [4.69, 9.17) is 0 Å². The molecule has 1 aromatic carbocycles. The largest absolute Gasteiger partial charge is 0.351 e. The van der Waals surface area contributed by atoms with Gasteiger partial charge in [0, 0.05) is 22.7 Å². The van der Waals surface area contributed by atoms with Gasteiger partial charge in [-0.1, -0.05) is 30.3 Å². The Bertz CT molecular complexity index is 582. The first kappa shape index (κ1) is 17.1. The summed E-state index contributed by atoms with van der Waals surface area (Å²) in [6, 6.07) is 12.5. The minimum Gasteiger partial charge on any atom is -0.351 e. The number of amides is 1. The van der Waals surface area contributed by atoms with Gasteiger partial charge < -0.3 is 10.2 Å². The van der Waals surface area contributed by atoms with Crippen LogP contribution in [0.1, 0.15) is 16.0 Å². The Morgan fingerprint density at radius 3 is 2.64 bits per heavy atom. The van der Waals surface area contributed by atoms with Gasteiger partial charge in [-0.05, 0) is 17.0 Å². The van der Waals surface area contributed by atoms with Gasteiger partial charge in [0.15, 0.2) is 0 Å². The molecule has 0 radical (unpaired) electrons. The Hall–Kier alpha value is -1.30. The second-order valence-corrected chi connectivity index (χ2v) is 7.52. The molecule has 0 aliphatic carbocycles. The van der Waals surface area contributed by atoms with Crippen molar-refractivity contribution < 1.29 is 9.69 Å². The molecule has 0 aliphatic rings. The lowest BCUT2D eigenvalue weighted by atomic mass is 10.1. The first-order valence-electron chi connectivity index (χ1n) is 7.38. The molecule has 1 amide bonds. The summed E-state index contributed by atoms with van der Waals surface area (Å²) in [7, 11) is 4.27. The average molecular weight is 336 g/mol. The molecular weight excluding hydrogens is 312 g/mol. The number of benzene rings is 1. The van der Waals surface area contributed by atoms with E-state index in [2.05, 4.69) is 49.1 Å². The van der Waals surface area contributed by atoms with Gasteiger partial charge in [-0.15, -0.1) is 23.1 Å². The number of hydrogen-bond acceptors (Lipinski definition) is 3. The molecule has 1 heterocycles. The highest BCUT2D eigenvalue weighted by atomic mass is 32.2. The molecule has 0 saturated carbocycles. The van der Waals surface area contributed by atoms with E-state index in [0.717, 1.165) is 12.3 Å². The summed E-state index contributed by atoms with van der Waals surface area (Å²) in [5, 5.41) is 5.10. The van der Waals surface area contributed by atoms with Crippen molar-refractivity contribution in [3.63, 3.8) is 0 Å². The Balaban J connectivity index is 1.76. The zero-order chi connectivity index (χ0) is 15.8. The SMILES string of the molecule is C[NH+](C)Cc1ccccc1CNC(=O)CSCc1cccs1. The van der Waals surface area contributed by atoms with E-state index in [9.17, 15) is 4.79 Å². The van der Waals surface area contributed by atoms with Crippen LogP contribution in [0.3, 0.4) is 0 Å². The number of thiophene rings is 1. The number of hydrogen-bond donors (Lipinski definition) is 2. The third kappa shape index (κ3) is 5.83. The fourth-order valence-corrected chi connectivity index (χ4v) is 3.87. The van der Waals surface area contributed by atoms with Gasteiger partial charge in [-0.2, -0.15) is 0 Å². The van der Waals surface area contributed by atoms with Crippen LogP contribution in [0.5, 0.6) is 0 Å². The van der Waals surface area contributed by atoms with Gasteiger partial charge in [0.25, 0.3) is 0 Å². The van der Waals surface area contributed by atoms with Crippen LogP contribution in [0.2, 0.25) is 0 Å². The van der Waals surface area contributed by atoms with Crippen LogP contribution in [0.15, 0.2) is 41.8 Å². The molecule has 2 aromatic rings. The Morgan fingerprint density at radius 2 is 1.95 bits per heavy atom. The highest BCUT2D eigenvalue weighted by Gasteiger charge is 2.07. The van der Waals surface area contributed by atoms with Crippen LogP contribution in [-0.4, -0.2) is 25.8 Å². The lowest BCUT2D eigenvalue weighted by Crippen LogP contribution is -3.04. The highest BCUT2D eigenvalue weighted by Crippen LogP contribution is 2.16. The molecule has 2 rings (SSSR count). The molecule has 0 unspecified atom stereocenters. The molecule has 1 aromatic heterocycles. The minimum absolute atomic E-state index is 0.105. The molecule has 3 nitrogen and oxygen atoms in total. The van der Waals surface area contributed by atoms with Gasteiger partial charge in [0.1, 0.15) is 6.54 Å². The Labute approximate surface area is 140 Å². The second kappa shape index (κ2) is 8.98. The van der Waals surface area contributed by atoms with Crippen LogP contribution in [0.4, 0.5) is 0 Å². The van der Waals surface area contributed by atoms with Gasteiger partial charge >= 0.3 is 0 Å². The number of quaternary nitrogens is 1. The van der Waals surface area contributed by atoms with Crippen LogP contribution in [0, 0.1) is 0 Å². The third-order valence-electron chi connectivity index (χ3n) is 3.20. The van der Waals surface area contributed by atoms with E-state index in [1.807, 2.05) is 12.1 Å². The molecule has 5 heteroatoms. The van der Waals surface area contributed by atoms with Crippen molar-refractivity contribution in [2.45, 2.75) is 18.8 Å². The molecule has 0 bridgehead atoms. The van der Waals surface area contributed by atoms with Crippen molar-refractivity contribution in [2.24, 2.45) is 0 Å². The average Bonchev–Trinajstić information content (AvgIpc) is 2.99. The molecule has 0 fully saturated rings. The van der Waals surface area contributed by atoms with Crippen molar-refractivity contribution in [2.75, 3.05) is 19.8 Å². The van der Waals surface area contributed by atoms with Crippen molar-refractivity contribution in [1.82, 2.24) is 5.32 Å². The molecule has 0 spiro atoms. The van der Waals surface area contributed by atoms with Gasteiger partial charge in [-0.3, -0.25) is 4.79 Å². The topological polar surface area (TPSA) is 33.5 Å². The van der Waals surface area contributed by atoms with E-state index in [-0.39, 0.29) is 5.91 Å². The maximum atomic E-state index is 11.9. The van der Waals surface area contributed by atoms with E-state index in [1.54, 1.807) is 23.1 Å². The van der Waals surface area contributed by atoms with Gasteiger partial charge in [0.2, 0.25) is 5.91 Å². The molecule has 22 heavy (non-hydrogen) atoms. The van der Waals surface area contributed by atoms with Crippen molar-refractivity contribution in [3.8, 4) is 0 Å². The summed E-state index contributed by atoms with van der Waals surface area (Å²) in [4.78, 5) is 14.6. The van der Waals surface area contributed by atoms with E-state index in [0.29, 0.717) is 12.3 Å². The fraction of sp³-hybridized carbons (Fsp3) is 0.353. The van der Waals surface area contributed by atoms with E-state index >= 15 is 0 Å². The van der Waals surface area contributed by atoms with E-state index < -0.39 is 0 Å². The maximum Gasteiger partial charge on any atom is 0.230 e. The molecule has 0 saturated heterocycles.